The van der Waals surface area contributed by atoms with Crippen molar-refractivity contribution in [3.63, 3.8) is 0 Å². The Labute approximate surface area is 188 Å². The van der Waals surface area contributed by atoms with Gasteiger partial charge in [0.2, 0.25) is 5.91 Å². The van der Waals surface area contributed by atoms with Crippen LogP contribution < -0.4 is 5.32 Å². The quantitative estimate of drug-likeness (QED) is 0.467. The number of rotatable bonds is 8. The molecule has 1 aliphatic carbocycles. The average molecular weight is 439 g/mol. The van der Waals surface area contributed by atoms with E-state index in [1.165, 1.54) is 0 Å². The summed E-state index contributed by atoms with van der Waals surface area (Å²) in [5, 5.41) is 13.9. The summed E-state index contributed by atoms with van der Waals surface area (Å²) < 4.78 is 2.30. The van der Waals surface area contributed by atoms with Gasteiger partial charge in [0.1, 0.15) is 17.0 Å². The Morgan fingerprint density at radius 1 is 1.38 bits per heavy atom. The standard InChI is InChI=1S/C24H34N6O2/c1-24(2,32)10-13-26-21(31)14-20-29-19-15-28-23-18(9-12-27-23)22(19)30(20)17-6-4-16(5-7-17)8-11-25-3/h9,11-12,15-17,32H,4-8,10,13-14H2,1-3H3,(H,26,31)(H,27,28)/b25-11-/t16-,17-. The zero-order valence-corrected chi connectivity index (χ0v) is 19.3. The Hall–Kier alpha value is -2.74. The molecule has 3 heterocycles. The number of nitrogens with zero attached hydrogens (tertiary/aromatic N) is 4. The molecule has 8 nitrogen and oxygen atoms in total. The molecular weight excluding hydrogens is 404 g/mol. The highest BCUT2D eigenvalue weighted by Gasteiger charge is 2.27. The van der Waals surface area contributed by atoms with Crippen molar-refractivity contribution in [3.8, 4) is 0 Å². The summed E-state index contributed by atoms with van der Waals surface area (Å²) in [5.41, 5.74) is 1.94. The van der Waals surface area contributed by atoms with Crippen molar-refractivity contribution in [2.45, 2.75) is 70.4 Å². The van der Waals surface area contributed by atoms with E-state index in [-0.39, 0.29) is 12.3 Å². The molecule has 1 fully saturated rings. The Morgan fingerprint density at radius 2 is 2.16 bits per heavy atom. The molecule has 4 rings (SSSR count). The molecule has 1 amide bonds. The van der Waals surface area contributed by atoms with Crippen molar-refractivity contribution in [2.75, 3.05) is 13.6 Å². The number of imidazole rings is 1. The molecule has 0 aliphatic heterocycles. The summed E-state index contributed by atoms with van der Waals surface area (Å²) in [7, 11) is 1.83. The number of carbonyl (C=O) groups excluding carboxylic acids is 1. The van der Waals surface area contributed by atoms with E-state index in [4.69, 9.17) is 4.98 Å². The number of hydrogen-bond acceptors (Lipinski definition) is 5. The van der Waals surface area contributed by atoms with Gasteiger partial charge in [-0.15, -0.1) is 0 Å². The first kappa shape index (κ1) is 22.5. The van der Waals surface area contributed by atoms with Crippen LogP contribution in [-0.2, 0) is 11.2 Å². The summed E-state index contributed by atoms with van der Waals surface area (Å²) in [6, 6.07) is 2.36. The molecule has 3 N–H and O–H groups in total. The van der Waals surface area contributed by atoms with Crippen molar-refractivity contribution < 1.29 is 9.90 Å². The summed E-state index contributed by atoms with van der Waals surface area (Å²) in [6.45, 7) is 3.93. The lowest BCUT2D eigenvalue weighted by Gasteiger charge is -2.30. The highest BCUT2D eigenvalue weighted by Crippen LogP contribution is 2.37. The van der Waals surface area contributed by atoms with E-state index in [2.05, 4.69) is 24.8 Å². The first-order valence-corrected chi connectivity index (χ1v) is 11.6. The molecule has 0 saturated heterocycles. The second-order valence-corrected chi connectivity index (χ2v) is 9.57. The lowest BCUT2D eigenvalue weighted by atomic mass is 9.84. The second kappa shape index (κ2) is 9.40. The number of pyridine rings is 1. The van der Waals surface area contributed by atoms with Crippen LogP contribution in [-0.4, -0.2) is 55.9 Å². The van der Waals surface area contributed by atoms with Crippen molar-refractivity contribution in [1.29, 1.82) is 0 Å². The van der Waals surface area contributed by atoms with Crippen molar-refractivity contribution >= 4 is 34.2 Å². The highest BCUT2D eigenvalue weighted by atomic mass is 16.3. The maximum Gasteiger partial charge on any atom is 0.227 e. The molecular formula is C24H34N6O2. The van der Waals surface area contributed by atoms with Crippen LogP contribution in [0.2, 0.25) is 0 Å². The summed E-state index contributed by atoms with van der Waals surface area (Å²) >= 11 is 0. The van der Waals surface area contributed by atoms with Gasteiger partial charge >= 0.3 is 0 Å². The molecule has 1 saturated carbocycles. The van der Waals surface area contributed by atoms with Gasteiger partial charge in [-0.2, -0.15) is 0 Å². The van der Waals surface area contributed by atoms with E-state index in [1.807, 2.05) is 25.5 Å². The minimum Gasteiger partial charge on any atom is -0.390 e. The third-order valence-electron chi connectivity index (χ3n) is 6.49. The van der Waals surface area contributed by atoms with Crippen LogP contribution in [0.4, 0.5) is 0 Å². The summed E-state index contributed by atoms with van der Waals surface area (Å²) in [4.78, 5) is 29.4. The second-order valence-electron chi connectivity index (χ2n) is 9.57. The maximum absolute atomic E-state index is 12.7. The predicted molar refractivity (Wildman–Crippen MR) is 127 cm³/mol. The SMILES string of the molecule is C/N=C\C[C@H]1CC[C@H](n2c(CC(=O)NCCC(C)(C)O)nc3cnc4[nH]ccc4c32)CC1. The van der Waals surface area contributed by atoms with Crippen LogP contribution in [0, 0.1) is 5.92 Å². The maximum atomic E-state index is 12.7. The molecule has 8 heteroatoms. The smallest absolute Gasteiger partial charge is 0.227 e. The third kappa shape index (κ3) is 5.01. The minimum absolute atomic E-state index is 0.0723. The van der Waals surface area contributed by atoms with Crippen LogP contribution in [0.1, 0.15) is 64.2 Å². The zero-order valence-electron chi connectivity index (χ0n) is 19.3. The molecule has 0 atom stereocenters. The number of carbonyl (C=O) groups is 1. The van der Waals surface area contributed by atoms with Gasteiger partial charge in [0.15, 0.2) is 0 Å². The van der Waals surface area contributed by atoms with Gasteiger partial charge in [0.25, 0.3) is 0 Å². The fraction of sp³-hybridized carbons (Fsp3) is 0.583. The number of nitrogens with one attached hydrogen (secondary N) is 2. The van der Waals surface area contributed by atoms with Gasteiger partial charge in [-0.05, 0) is 70.6 Å². The summed E-state index contributed by atoms with van der Waals surface area (Å²) in [5.74, 6) is 1.39. The van der Waals surface area contributed by atoms with Crippen LogP contribution in [0.15, 0.2) is 23.5 Å². The molecule has 0 bridgehead atoms. The number of amides is 1. The minimum atomic E-state index is -0.799. The highest BCUT2D eigenvalue weighted by molar-refractivity contribution is 6.01. The van der Waals surface area contributed by atoms with Gasteiger partial charge in [0, 0.05) is 31.2 Å². The van der Waals surface area contributed by atoms with Crippen LogP contribution in [0.5, 0.6) is 0 Å². The van der Waals surface area contributed by atoms with E-state index in [0.29, 0.717) is 24.9 Å². The normalized spacial score (nSPS) is 19.9. The fourth-order valence-corrected chi connectivity index (χ4v) is 4.77. The van der Waals surface area contributed by atoms with Gasteiger partial charge in [-0.3, -0.25) is 4.79 Å². The lowest BCUT2D eigenvalue weighted by molar-refractivity contribution is -0.120. The largest absolute Gasteiger partial charge is 0.390 e. The fourth-order valence-electron chi connectivity index (χ4n) is 4.77. The van der Waals surface area contributed by atoms with Gasteiger partial charge in [0.05, 0.1) is 23.7 Å². The van der Waals surface area contributed by atoms with Crippen molar-refractivity contribution in [1.82, 2.24) is 24.8 Å². The number of aromatic nitrogens is 4. The van der Waals surface area contributed by atoms with Crippen molar-refractivity contribution in [2.24, 2.45) is 10.9 Å². The first-order valence-electron chi connectivity index (χ1n) is 11.6. The molecule has 32 heavy (non-hydrogen) atoms. The Bertz CT molecular complexity index is 1100. The molecule has 0 unspecified atom stereocenters. The Kier molecular flexibility index (Phi) is 6.60. The van der Waals surface area contributed by atoms with Gasteiger partial charge in [-0.25, -0.2) is 9.97 Å². The Balaban J connectivity index is 1.60. The third-order valence-corrected chi connectivity index (χ3v) is 6.49. The number of H-pyrrole nitrogens is 1. The predicted octanol–water partition coefficient (Wildman–Crippen LogP) is 3.55. The molecule has 1 aliphatic rings. The van der Waals surface area contributed by atoms with E-state index >= 15 is 0 Å². The first-order chi connectivity index (χ1) is 15.4. The molecule has 3 aromatic heterocycles. The lowest BCUT2D eigenvalue weighted by Crippen LogP contribution is -2.32. The molecule has 172 valence electrons. The van der Waals surface area contributed by atoms with Crippen LogP contribution >= 0.6 is 0 Å². The molecule has 0 radical (unpaired) electrons. The number of hydrogen-bond donors (Lipinski definition) is 3. The monoisotopic (exact) mass is 438 g/mol. The topological polar surface area (TPSA) is 108 Å². The van der Waals surface area contributed by atoms with Gasteiger partial charge in [-0.1, -0.05) is 0 Å². The van der Waals surface area contributed by atoms with Crippen molar-refractivity contribution in [3.05, 3.63) is 24.3 Å². The number of aromatic amines is 1. The van der Waals surface area contributed by atoms with Crippen LogP contribution in [0.3, 0.4) is 0 Å². The van der Waals surface area contributed by atoms with E-state index < -0.39 is 5.60 Å². The zero-order chi connectivity index (χ0) is 22.7. The van der Waals surface area contributed by atoms with E-state index in [9.17, 15) is 9.90 Å². The number of aliphatic hydroxyl groups is 1. The van der Waals surface area contributed by atoms with Gasteiger partial charge < -0.3 is 25.0 Å². The summed E-state index contributed by atoms with van der Waals surface area (Å²) in [6.07, 6.45) is 11.9. The number of fused-ring (bicyclic) bond motifs is 3. The Morgan fingerprint density at radius 3 is 2.88 bits per heavy atom. The van der Waals surface area contributed by atoms with E-state index in [1.54, 1.807) is 20.0 Å². The number of aliphatic imine (C=N–C) groups is 1. The molecule has 3 aromatic rings. The van der Waals surface area contributed by atoms with Crippen LogP contribution in [0.25, 0.3) is 22.1 Å². The molecule has 0 aromatic carbocycles. The molecule has 0 spiro atoms. The van der Waals surface area contributed by atoms with E-state index in [0.717, 1.165) is 60.0 Å². The average Bonchev–Trinajstić information content (AvgIpc) is 3.35.